The van der Waals surface area contributed by atoms with Crippen molar-refractivity contribution in [3.05, 3.63) is 18.0 Å². The van der Waals surface area contributed by atoms with Crippen LogP contribution in [0.25, 0.3) is 0 Å². The number of aliphatic imine (C=N–C) groups is 1. The Hall–Kier alpha value is -2.05. The summed E-state index contributed by atoms with van der Waals surface area (Å²) >= 11 is 0. The van der Waals surface area contributed by atoms with Crippen LogP contribution in [-0.2, 0) is 11.8 Å². The summed E-state index contributed by atoms with van der Waals surface area (Å²) in [5, 5.41) is 7.63. The number of nitrogens with one attached hydrogen (secondary N) is 1. The van der Waals surface area contributed by atoms with Gasteiger partial charge in [-0.25, -0.2) is 4.99 Å². The standard InChI is InChI=1S/C16H28N6O/c1-5-7-17-16(18-10-15(23)20(2)3)22-8-6-13(12-22)14-9-19-21(4)11-14/h9,11,13H,5-8,10,12H2,1-4H3,(H,17,18). The highest BCUT2D eigenvalue weighted by Gasteiger charge is 2.27. The molecule has 7 heteroatoms. The van der Waals surface area contributed by atoms with E-state index >= 15 is 0 Å². The van der Waals surface area contributed by atoms with Crippen LogP contribution >= 0.6 is 0 Å². The topological polar surface area (TPSA) is 65.8 Å². The molecule has 1 aliphatic rings. The first-order valence-corrected chi connectivity index (χ1v) is 8.23. The lowest BCUT2D eigenvalue weighted by Gasteiger charge is -2.22. The van der Waals surface area contributed by atoms with Crippen molar-refractivity contribution in [2.75, 3.05) is 40.3 Å². The highest BCUT2D eigenvalue weighted by atomic mass is 16.2. The van der Waals surface area contributed by atoms with Gasteiger partial charge in [0.15, 0.2) is 5.96 Å². The Bertz CT molecular complexity index is 551. The third-order valence-electron chi connectivity index (χ3n) is 4.08. The molecule has 2 heterocycles. The van der Waals surface area contributed by atoms with Crippen LogP contribution in [0.15, 0.2) is 17.4 Å². The molecule has 1 amide bonds. The fourth-order valence-electron chi connectivity index (χ4n) is 2.66. The van der Waals surface area contributed by atoms with Crippen LogP contribution in [0, 0.1) is 0 Å². The van der Waals surface area contributed by atoms with Gasteiger partial charge in [0, 0.05) is 52.9 Å². The number of aromatic nitrogens is 2. The average molecular weight is 320 g/mol. The van der Waals surface area contributed by atoms with E-state index < -0.39 is 0 Å². The summed E-state index contributed by atoms with van der Waals surface area (Å²) in [6, 6.07) is 0. The van der Waals surface area contributed by atoms with Crippen LogP contribution in [0.5, 0.6) is 0 Å². The molecule has 7 nitrogen and oxygen atoms in total. The fourth-order valence-corrected chi connectivity index (χ4v) is 2.66. The number of carbonyl (C=O) groups is 1. The van der Waals surface area contributed by atoms with Gasteiger partial charge in [0.25, 0.3) is 0 Å². The smallest absolute Gasteiger partial charge is 0.243 e. The van der Waals surface area contributed by atoms with Crippen LogP contribution in [0.3, 0.4) is 0 Å². The number of hydrogen-bond acceptors (Lipinski definition) is 3. The number of hydrogen-bond donors (Lipinski definition) is 1. The molecule has 0 bridgehead atoms. The quantitative estimate of drug-likeness (QED) is 0.639. The summed E-state index contributed by atoms with van der Waals surface area (Å²) in [5.41, 5.74) is 1.27. The SMILES string of the molecule is CCCNC(=NCC(=O)N(C)C)N1CCC(c2cnn(C)c2)C1. The van der Waals surface area contributed by atoms with Crippen molar-refractivity contribution in [1.82, 2.24) is 24.9 Å². The largest absolute Gasteiger partial charge is 0.356 e. The number of rotatable bonds is 5. The summed E-state index contributed by atoms with van der Waals surface area (Å²) < 4.78 is 1.85. The summed E-state index contributed by atoms with van der Waals surface area (Å²) in [4.78, 5) is 20.1. The Morgan fingerprint density at radius 3 is 2.91 bits per heavy atom. The molecule has 1 unspecified atom stereocenters. The predicted molar refractivity (Wildman–Crippen MR) is 91.4 cm³/mol. The third-order valence-corrected chi connectivity index (χ3v) is 4.08. The van der Waals surface area contributed by atoms with Crippen LogP contribution in [-0.4, -0.2) is 71.7 Å². The Balaban J connectivity index is 2.01. The van der Waals surface area contributed by atoms with Crippen LogP contribution < -0.4 is 5.32 Å². The Kier molecular flexibility index (Phi) is 6.01. The van der Waals surface area contributed by atoms with Gasteiger partial charge < -0.3 is 15.1 Å². The minimum atomic E-state index is 0.0174. The molecule has 1 fully saturated rings. The fraction of sp³-hybridized carbons (Fsp3) is 0.688. The lowest BCUT2D eigenvalue weighted by atomic mass is 10.0. The normalized spacial score (nSPS) is 18.3. The lowest BCUT2D eigenvalue weighted by Crippen LogP contribution is -2.41. The second-order valence-corrected chi connectivity index (χ2v) is 6.23. The van der Waals surface area contributed by atoms with Crippen molar-refractivity contribution in [2.45, 2.75) is 25.7 Å². The van der Waals surface area contributed by atoms with E-state index in [1.54, 1.807) is 19.0 Å². The minimum Gasteiger partial charge on any atom is -0.356 e. The van der Waals surface area contributed by atoms with Gasteiger partial charge in [0.05, 0.1) is 6.20 Å². The van der Waals surface area contributed by atoms with Crippen molar-refractivity contribution in [3.63, 3.8) is 0 Å². The van der Waals surface area contributed by atoms with E-state index in [0.717, 1.165) is 38.4 Å². The summed E-state index contributed by atoms with van der Waals surface area (Å²) in [6.07, 6.45) is 6.14. The molecule has 1 N–H and O–H groups in total. The lowest BCUT2D eigenvalue weighted by molar-refractivity contribution is -0.127. The number of likely N-dealkylation sites (N-methyl/N-ethyl adjacent to an activating group) is 1. The Morgan fingerprint density at radius 1 is 1.52 bits per heavy atom. The number of likely N-dealkylation sites (tertiary alicyclic amines) is 1. The van der Waals surface area contributed by atoms with Crippen molar-refractivity contribution in [2.24, 2.45) is 12.0 Å². The summed E-state index contributed by atoms with van der Waals surface area (Å²) in [5.74, 6) is 1.33. The molecule has 1 aliphatic heterocycles. The van der Waals surface area contributed by atoms with E-state index in [2.05, 4.69) is 33.4 Å². The van der Waals surface area contributed by atoms with E-state index in [-0.39, 0.29) is 12.5 Å². The van der Waals surface area contributed by atoms with Gasteiger partial charge in [-0.2, -0.15) is 5.10 Å². The zero-order valence-electron chi connectivity index (χ0n) is 14.6. The Labute approximate surface area is 138 Å². The molecule has 128 valence electrons. The number of guanidine groups is 1. The zero-order chi connectivity index (χ0) is 16.8. The first-order valence-electron chi connectivity index (χ1n) is 8.23. The zero-order valence-corrected chi connectivity index (χ0v) is 14.6. The van der Waals surface area contributed by atoms with E-state index in [0.29, 0.717) is 5.92 Å². The van der Waals surface area contributed by atoms with Gasteiger partial charge in [0.2, 0.25) is 5.91 Å². The summed E-state index contributed by atoms with van der Waals surface area (Å²) in [7, 11) is 5.45. The number of amides is 1. The monoisotopic (exact) mass is 320 g/mol. The molecular weight excluding hydrogens is 292 g/mol. The molecule has 1 aromatic heterocycles. The van der Waals surface area contributed by atoms with Gasteiger partial charge >= 0.3 is 0 Å². The maximum atomic E-state index is 11.8. The second kappa shape index (κ2) is 7.99. The predicted octanol–water partition coefficient (Wildman–Crippen LogP) is 0.653. The van der Waals surface area contributed by atoms with Crippen molar-refractivity contribution >= 4 is 11.9 Å². The van der Waals surface area contributed by atoms with Crippen LogP contribution in [0.1, 0.15) is 31.2 Å². The molecule has 23 heavy (non-hydrogen) atoms. The van der Waals surface area contributed by atoms with Gasteiger partial charge in [-0.1, -0.05) is 6.92 Å². The van der Waals surface area contributed by atoms with E-state index in [1.165, 1.54) is 5.56 Å². The number of aryl methyl sites for hydroxylation is 1. The highest BCUT2D eigenvalue weighted by Crippen LogP contribution is 2.26. The molecule has 2 rings (SSSR count). The van der Waals surface area contributed by atoms with E-state index in [4.69, 9.17) is 0 Å². The summed E-state index contributed by atoms with van der Waals surface area (Å²) in [6.45, 7) is 5.04. The first-order chi connectivity index (χ1) is 11.0. The molecule has 1 atom stereocenters. The first kappa shape index (κ1) is 17.3. The maximum absolute atomic E-state index is 11.8. The molecule has 0 aromatic carbocycles. The van der Waals surface area contributed by atoms with Gasteiger partial charge in [0.1, 0.15) is 6.54 Å². The molecule has 1 aromatic rings. The molecular formula is C16H28N6O. The second-order valence-electron chi connectivity index (χ2n) is 6.23. The minimum absolute atomic E-state index is 0.0174. The van der Waals surface area contributed by atoms with E-state index in [9.17, 15) is 4.79 Å². The number of nitrogens with zero attached hydrogens (tertiary/aromatic N) is 5. The van der Waals surface area contributed by atoms with Gasteiger partial charge in [-0.15, -0.1) is 0 Å². The van der Waals surface area contributed by atoms with Gasteiger partial charge in [-0.3, -0.25) is 9.48 Å². The van der Waals surface area contributed by atoms with Crippen molar-refractivity contribution < 1.29 is 4.79 Å². The van der Waals surface area contributed by atoms with E-state index in [1.807, 2.05) is 17.9 Å². The Morgan fingerprint density at radius 2 is 2.30 bits per heavy atom. The number of carbonyl (C=O) groups excluding carboxylic acids is 1. The molecule has 0 spiro atoms. The van der Waals surface area contributed by atoms with Crippen LogP contribution in [0.2, 0.25) is 0 Å². The average Bonchev–Trinajstić information content (AvgIpc) is 3.15. The molecule has 1 saturated heterocycles. The van der Waals surface area contributed by atoms with Crippen LogP contribution in [0.4, 0.5) is 0 Å². The van der Waals surface area contributed by atoms with Gasteiger partial charge in [-0.05, 0) is 18.4 Å². The molecule has 0 saturated carbocycles. The van der Waals surface area contributed by atoms with Crippen molar-refractivity contribution in [3.8, 4) is 0 Å². The van der Waals surface area contributed by atoms with Crippen molar-refractivity contribution in [1.29, 1.82) is 0 Å². The molecule has 0 radical (unpaired) electrons. The highest BCUT2D eigenvalue weighted by molar-refractivity contribution is 5.85. The third kappa shape index (κ3) is 4.71. The maximum Gasteiger partial charge on any atom is 0.243 e. The molecule has 0 aliphatic carbocycles.